The van der Waals surface area contributed by atoms with E-state index < -0.39 is 82.8 Å². The van der Waals surface area contributed by atoms with E-state index in [1.165, 1.54) is 27.2 Å². The van der Waals surface area contributed by atoms with Gasteiger partial charge in [-0.05, 0) is 50.5 Å². The summed E-state index contributed by atoms with van der Waals surface area (Å²) in [6.45, 7) is 15.2. The fraction of sp³-hybridized carbons (Fsp3) is 0.472. The van der Waals surface area contributed by atoms with E-state index in [9.17, 15) is 34.8 Å². The van der Waals surface area contributed by atoms with Crippen LogP contribution in [0.15, 0.2) is 82.7 Å². The molecule has 0 saturated carbocycles. The SMILES string of the molecule is CO[C@H]1/C=C/O[C@@]2(C)Oc3c(C)c(O)c4c(O)c(c5c(c4c3C2=O)=NC2(CCN(Cc3cnc4ccccc4c3)CC2)CN=5)NC(=O)/C(C)=C\C=C\[C@H](C)[C@H](O)[C@@H](C)[C@@H](O)[C@@H](C)[C@H](OC(C)=O)C1C. The second-order valence-corrected chi connectivity index (χ2v) is 19.5. The molecular formula is C53H63N5O11. The number of benzene rings is 3. The highest BCUT2D eigenvalue weighted by molar-refractivity contribution is 6.19. The fourth-order valence-corrected chi connectivity index (χ4v) is 10.3. The van der Waals surface area contributed by atoms with Gasteiger partial charge in [0.05, 0.1) is 58.5 Å². The lowest BCUT2D eigenvalue weighted by atomic mass is 9.78. The molecule has 9 atom stereocenters. The maximum atomic E-state index is 15.0. The van der Waals surface area contributed by atoms with Gasteiger partial charge in [0.1, 0.15) is 28.6 Å². The number of phenolic OH excluding ortho intramolecular Hbond substituents is 2. The monoisotopic (exact) mass is 945 g/mol. The van der Waals surface area contributed by atoms with Gasteiger partial charge in [0.25, 0.3) is 11.7 Å². The number of aromatic hydroxyl groups is 2. The number of anilines is 1. The average Bonchev–Trinajstić information content (AvgIpc) is 3.60. The number of methoxy groups -OCH3 is 1. The average molecular weight is 946 g/mol. The van der Waals surface area contributed by atoms with Gasteiger partial charge >= 0.3 is 11.8 Å². The summed E-state index contributed by atoms with van der Waals surface area (Å²) in [5.74, 6) is -7.06. The lowest BCUT2D eigenvalue weighted by Gasteiger charge is -2.39. The number of carbonyl (C=O) groups is 3. The highest BCUT2D eigenvalue weighted by atomic mass is 16.7. The predicted molar refractivity (Wildman–Crippen MR) is 258 cm³/mol. The molecule has 1 amide bonds. The quantitative estimate of drug-likeness (QED) is 0.119. The van der Waals surface area contributed by atoms with Gasteiger partial charge in [0, 0.05) is 92.4 Å². The first-order chi connectivity index (χ1) is 32.8. The van der Waals surface area contributed by atoms with Gasteiger partial charge in [0.2, 0.25) is 0 Å². The lowest BCUT2D eigenvalue weighted by Crippen LogP contribution is -2.50. The molecule has 0 aliphatic carbocycles. The molecule has 5 N–H and O–H groups in total. The number of phenols is 2. The standard InChI is InChI=1S/C53H63N5O11/c1-27-13-12-14-28(2)51(65)56-43-42-41(57-53(26-55-42)18-20-58(21-19-53)25-34-23-35-15-10-11-16-36(35)54-24-34)38-39(47(43)63)46(62)32(6)49-40(38)50(64)52(8,69-49)67-22-17-37(66-9)29(3)48(68-33(7)59)31(5)45(61)30(4)44(27)60/h10-17,22-24,27,29-31,37,44-45,48,60-63H,18-21,25-26H2,1-9H3,(H,56,65)/b13-12+,22-17+,28-14-/t27-,29?,30+,31+,37-,44-,45+,48+,52-/m0/s1. The summed E-state index contributed by atoms with van der Waals surface area (Å²) < 4.78 is 24.2. The van der Waals surface area contributed by atoms with Crippen molar-refractivity contribution >= 4 is 45.0 Å². The van der Waals surface area contributed by atoms with Gasteiger partial charge in [-0.25, -0.2) is 0 Å². The number of nitrogens with one attached hydrogen (secondary N) is 1. The summed E-state index contributed by atoms with van der Waals surface area (Å²) in [5.41, 5.74) is 1.62. The number of allylic oxidation sites excluding steroid dienone is 2. The first-order valence-electron chi connectivity index (χ1n) is 23.6. The van der Waals surface area contributed by atoms with Crippen molar-refractivity contribution < 1.29 is 53.8 Å². The number of pyridine rings is 1. The Morgan fingerprint density at radius 1 is 0.957 bits per heavy atom. The number of ketones is 1. The Bertz CT molecular complexity index is 2920. The Kier molecular flexibility index (Phi) is 13.8. The zero-order chi connectivity index (χ0) is 49.7. The van der Waals surface area contributed by atoms with Crippen molar-refractivity contribution in [2.75, 3.05) is 32.1 Å². The molecule has 3 aromatic carbocycles. The molecule has 16 nitrogen and oxygen atoms in total. The van der Waals surface area contributed by atoms with Crippen LogP contribution in [0.3, 0.4) is 0 Å². The molecule has 69 heavy (non-hydrogen) atoms. The van der Waals surface area contributed by atoms with Crippen LogP contribution >= 0.6 is 0 Å². The molecule has 1 aromatic heterocycles. The van der Waals surface area contributed by atoms with Gasteiger partial charge in [-0.15, -0.1) is 0 Å². The van der Waals surface area contributed by atoms with Crippen molar-refractivity contribution in [3.8, 4) is 17.2 Å². The van der Waals surface area contributed by atoms with Crippen molar-refractivity contribution in [2.45, 2.75) is 111 Å². The second kappa shape index (κ2) is 19.3. The third kappa shape index (κ3) is 9.22. The molecule has 1 unspecified atom stereocenters. The van der Waals surface area contributed by atoms with Crippen LogP contribution in [-0.4, -0.2) is 110 Å². The zero-order valence-corrected chi connectivity index (χ0v) is 40.6. The highest BCUT2D eigenvalue weighted by Gasteiger charge is 2.50. The van der Waals surface area contributed by atoms with Gasteiger partial charge in [-0.3, -0.25) is 34.3 Å². The smallest absolute Gasteiger partial charge is 0.312 e. The van der Waals surface area contributed by atoms with Crippen LogP contribution < -0.4 is 20.8 Å². The summed E-state index contributed by atoms with van der Waals surface area (Å²) in [6, 6.07) is 10.2. The molecule has 4 bridgehead atoms. The van der Waals surface area contributed by atoms with E-state index in [2.05, 4.69) is 21.3 Å². The summed E-state index contributed by atoms with van der Waals surface area (Å²) in [4.78, 5) is 58.9. The Balaban J connectivity index is 1.24. The molecule has 1 saturated heterocycles. The fourth-order valence-electron chi connectivity index (χ4n) is 10.3. The van der Waals surface area contributed by atoms with Crippen LogP contribution in [0.5, 0.6) is 17.2 Å². The maximum Gasteiger partial charge on any atom is 0.312 e. The Morgan fingerprint density at radius 2 is 1.68 bits per heavy atom. The summed E-state index contributed by atoms with van der Waals surface area (Å²) in [6.07, 6.45) is 7.01. The zero-order valence-electron chi connectivity index (χ0n) is 40.6. The van der Waals surface area contributed by atoms with Crippen LogP contribution in [0, 0.1) is 30.6 Å². The largest absolute Gasteiger partial charge is 0.507 e. The molecule has 16 heteroatoms. The Morgan fingerprint density at radius 3 is 2.39 bits per heavy atom. The third-order valence-corrected chi connectivity index (χ3v) is 14.7. The van der Waals surface area contributed by atoms with E-state index in [1.807, 2.05) is 30.5 Å². The van der Waals surface area contributed by atoms with E-state index >= 15 is 0 Å². The van der Waals surface area contributed by atoms with E-state index in [-0.39, 0.29) is 61.9 Å². The van der Waals surface area contributed by atoms with E-state index in [0.717, 1.165) is 16.5 Å². The van der Waals surface area contributed by atoms with E-state index in [0.29, 0.717) is 32.5 Å². The van der Waals surface area contributed by atoms with Crippen LogP contribution in [0.2, 0.25) is 0 Å². The number of amides is 1. The van der Waals surface area contributed by atoms with E-state index in [1.54, 1.807) is 65.8 Å². The predicted octanol–water partition coefficient (Wildman–Crippen LogP) is 5.88. The number of hydrogen-bond acceptors (Lipinski definition) is 15. The molecule has 1 spiro atoms. The first-order valence-corrected chi connectivity index (χ1v) is 23.6. The van der Waals surface area contributed by atoms with Gasteiger partial charge in [-0.1, -0.05) is 64.1 Å². The number of carbonyl (C=O) groups excluding carboxylic acids is 3. The maximum absolute atomic E-state index is 15.0. The molecular weight excluding hydrogens is 883 g/mol. The van der Waals surface area contributed by atoms with Crippen molar-refractivity contribution in [1.82, 2.24) is 9.88 Å². The lowest BCUT2D eigenvalue weighted by molar-refractivity contribution is -0.160. The Labute approximate surface area is 401 Å². The minimum absolute atomic E-state index is 0.0216. The van der Waals surface area contributed by atoms with Crippen LogP contribution in [0.1, 0.15) is 82.8 Å². The van der Waals surface area contributed by atoms with Crippen LogP contribution in [-0.2, 0) is 30.3 Å². The van der Waals surface area contributed by atoms with Crippen molar-refractivity contribution in [3.05, 3.63) is 100 Å². The minimum Gasteiger partial charge on any atom is -0.507 e. The molecule has 4 aromatic rings. The topological polar surface area (TPSA) is 222 Å². The normalized spacial score (nSPS) is 30.3. The van der Waals surface area contributed by atoms with E-state index in [4.69, 9.17) is 28.9 Å². The van der Waals surface area contributed by atoms with Gasteiger partial charge in [0.15, 0.2) is 5.75 Å². The summed E-state index contributed by atoms with van der Waals surface area (Å²) in [5, 5.41) is 51.6. The minimum atomic E-state index is -1.99. The number of rotatable bonds is 4. The van der Waals surface area contributed by atoms with Crippen LogP contribution in [0.25, 0.3) is 21.7 Å². The number of nitrogens with zero attached hydrogens (tertiary/aromatic N) is 4. The molecule has 1 fully saturated rings. The number of aliphatic hydroxyl groups excluding tert-OH is 2. The third-order valence-electron chi connectivity index (χ3n) is 14.7. The van der Waals surface area contributed by atoms with Crippen molar-refractivity contribution in [2.24, 2.45) is 33.7 Å². The first kappa shape index (κ1) is 49.2. The number of hydrogen-bond donors (Lipinski definition) is 5. The van der Waals surface area contributed by atoms with Crippen molar-refractivity contribution in [1.29, 1.82) is 0 Å². The number of aliphatic hydroxyl groups is 2. The number of ether oxygens (including phenoxy) is 4. The number of esters is 1. The number of piperidine rings is 1. The molecule has 4 aliphatic rings. The summed E-state index contributed by atoms with van der Waals surface area (Å²) >= 11 is 0. The molecule has 8 rings (SSSR count). The second-order valence-electron chi connectivity index (χ2n) is 19.5. The number of likely N-dealkylation sites (tertiary alicyclic amines) is 1. The number of aromatic nitrogens is 1. The summed E-state index contributed by atoms with van der Waals surface area (Å²) in [7, 11) is 1.47. The molecule has 366 valence electrons. The highest BCUT2D eigenvalue weighted by Crippen LogP contribution is 2.50. The number of para-hydroxylation sites is 1. The Hall–Kier alpha value is -6.20. The molecule has 4 aliphatic heterocycles. The molecule has 5 heterocycles. The molecule has 0 radical (unpaired) electrons. The van der Waals surface area contributed by atoms with Crippen LogP contribution in [0.4, 0.5) is 5.69 Å². The van der Waals surface area contributed by atoms with Crippen molar-refractivity contribution in [3.63, 3.8) is 0 Å². The van der Waals surface area contributed by atoms with Gasteiger partial charge < -0.3 is 44.7 Å². The number of Topliss-reactive ketones (excluding diaryl/α,β-unsaturated/α-hetero) is 1. The van der Waals surface area contributed by atoms with Gasteiger partial charge in [-0.2, -0.15) is 0 Å². The number of fused-ring (bicyclic) bond motifs is 2.